The second kappa shape index (κ2) is 8.08. The molecule has 0 spiro atoms. The Morgan fingerprint density at radius 2 is 2.08 bits per heavy atom. The van der Waals surface area contributed by atoms with E-state index in [-0.39, 0.29) is 11.9 Å². The van der Waals surface area contributed by atoms with E-state index in [1.165, 1.54) is 11.1 Å². The van der Waals surface area contributed by atoms with Gasteiger partial charge in [0.15, 0.2) is 0 Å². The van der Waals surface area contributed by atoms with Crippen molar-refractivity contribution in [2.75, 3.05) is 13.1 Å². The summed E-state index contributed by atoms with van der Waals surface area (Å²) in [7, 11) is 0. The van der Waals surface area contributed by atoms with Gasteiger partial charge in [0, 0.05) is 19.5 Å². The monoisotopic (exact) mass is 326 g/mol. The van der Waals surface area contributed by atoms with Crippen LogP contribution in [0.1, 0.15) is 49.3 Å². The number of unbranched alkanes of at least 4 members (excludes halogenated alkanes) is 1. The lowest BCUT2D eigenvalue weighted by molar-refractivity contribution is -0.133. The standard InChI is InChI=1S/C19H26N4O/c1-16-8-10-17(11-9-16)5-2-3-7-19(24)22-12-4-6-18(13-22)23-15-20-14-21-23/h8-11,14-15,18H,2-7,12-13H2,1H3/t18-/m0/s1. The summed E-state index contributed by atoms with van der Waals surface area (Å²) in [6.07, 6.45) is 9.14. The molecule has 0 radical (unpaired) electrons. The SMILES string of the molecule is Cc1ccc(CCCCC(=O)N2CCC[C@H](n3cncn3)C2)cc1. The number of carbonyl (C=O) groups excluding carboxylic acids is 1. The summed E-state index contributed by atoms with van der Waals surface area (Å²) < 4.78 is 1.89. The van der Waals surface area contributed by atoms with Crippen molar-refractivity contribution in [2.45, 2.75) is 51.5 Å². The van der Waals surface area contributed by atoms with Crippen LogP contribution < -0.4 is 0 Å². The van der Waals surface area contributed by atoms with Crippen LogP contribution in [-0.2, 0) is 11.2 Å². The van der Waals surface area contributed by atoms with Crippen LogP contribution in [0.25, 0.3) is 0 Å². The highest BCUT2D eigenvalue weighted by Gasteiger charge is 2.24. The first-order chi connectivity index (χ1) is 11.7. The zero-order valence-corrected chi connectivity index (χ0v) is 14.4. The minimum Gasteiger partial charge on any atom is -0.341 e. The zero-order valence-electron chi connectivity index (χ0n) is 14.4. The first-order valence-electron chi connectivity index (χ1n) is 8.90. The molecule has 3 rings (SSSR count). The zero-order chi connectivity index (χ0) is 16.8. The number of rotatable bonds is 6. The van der Waals surface area contributed by atoms with Gasteiger partial charge in [0.05, 0.1) is 6.04 Å². The Morgan fingerprint density at radius 1 is 1.25 bits per heavy atom. The summed E-state index contributed by atoms with van der Waals surface area (Å²) in [5.41, 5.74) is 2.65. The maximum atomic E-state index is 12.4. The van der Waals surface area contributed by atoms with Crippen LogP contribution in [0.3, 0.4) is 0 Å². The number of piperidine rings is 1. The van der Waals surface area contributed by atoms with E-state index in [0.717, 1.165) is 45.2 Å². The van der Waals surface area contributed by atoms with E-state index in [1.807, 2.05) is 9.58 Å². The number of carbonyl (C=O) groups is 1. The fraction of sp³-hybridized carbons (Fsp3) is 0.526. The molecule has 1 aromatic carbocycles. The van der Waals surface area contributed by atoms with Crippen molar-refractivity contribution < 1.29 is 4.79 Å². The molecule has 1 fully saturated rings. The Labute approximate surface area is 143 Å². The average Bonchev–Trinajstić information content (AvgIpc) is 3.15. The van der Waals surface area contributed by atoms with Gasteiger partial charge in [-0.1, -0.05) is 29.8 Å². The lowest BCUT2D eigenvalue weighted by atomic mass is 10.0. The molecule has 1 aromatic heterocycles. The summed E-state index contributed by atoms with van der Waals surface area (Å²) in [6.45, 7) is 3.75. The minimum absolute atomic E-state index is 0.276. The summed E-state index contributed by atoms with van der Waals surface area (Å²) in [5.74, 6) is 0.281. The number of hydrogen-bond donors (Lipinski definition) is 0. The third-order valence-corrected chi connectivity index (χ3v) is 4.79. The van der Waals surface area contributed by atoms with Gasteiger partial charge in [-0.05, 0) is 44.6 Å². The van der Waals surface area contributed by atoms with Crippen molar-refractivity contribution in [3.05, 3.63) is 48.0 Å². The van der Waals surface area contributed by atoms with Gasteiger partial charge in [-0.2, -0.15) is 5.10 Å². The molecule has 0 saturated carbocycles. The molecule has 0 unspecified atom stereocenters. The normalized spacial score (nSPS) is 17.9. The highest BCUT2D eigenvalue weighted by atomic mass is 16.2. The van der Waals surface area contributed by atoms with E-state index in [0.29, 0.717) is 6.42 Å². The Hall–Kier alpha value is -2.17. The molecule has 1 amide bonds. The lowest BCUT2D eigenvalue weighted by Gasteiger charge is -2.32. The smallest absolute Gasteiger partial charge is 0.222 e. The number of aromatic nitrogens is 3. The van der Waals surface area contributed by atoms with Gasteiger partial charge in [-0.25, -0.2) is 9.67 Å². The van der Waals surface area contributed by atoms with Crippen LogP contribution in [0.4, 0.5) is 0 Å². The molecule has 0 aliphatic carbocycles. The van der Waals surface area contributed by atoms with Gasteiger partial charge in [-0.15, -0.1) is 0 Å². The van der Waals surface area contributed by atoms with E-state index in [4.69, 9.17) is 0 Å². The Morgan fingerprint density at radius 3 is 2.83 bits per heavy atom. The fourth-order valence-electron chi connectivity index (χ4n) is 3.32. The van der Waals surface area contributed by atoms with Gasteiger partial charge >= 0.3 is 0 Å². The van der Waals surface area contributed by atoms with Gasteiger partial charge in [0.1, 0.15) is 12.7 Å². The number of hydrogen-bond acceptors (Lipinski definition) is 3. The largest absolute Gasteiger partial charge is 0.341 e. The van der Waals surface area contributed by atoms with E-state index < -0.39 is 0 Å². The number of benzene rings is 1. The molecular weight excluding hydrogens is 300 g/mol. The second-order valence-corrected chi connectivity index (χ2v) is 6.70. The fourth-order valence-corrected chi connectivity index (χ4v) is 3.32. The van der Waals surface area contributed by atoms with Crippen LogP contribution >= 0.6 is 0 Å². The van der Waals surface area contributed by atoms with Gasteiger partial charge < -0.3 is 4.90 Å². The van der Waals surface area contributed by atoms with Crippen molar-refractivity contribution in [1.82, 2.24) is 19.7 Å². The van der Waals surface area contributed by atoms with Crippen LogP contribution in [0.15, 0.2) is 36.9 Å². The Kier molecular flexibility index (Phi) is 5.62. The molecule has 0 N–H and O–H groups in total. The third-order valence-electron chi connectivity index (χ3n) is 4.79. The molecule has 1 aliphatic rings. The van der Waals surface area contributed by atoms with E-state index in [2.05, 4.69) is 41.3 Å². The molecule has 2 aromatic rings. The van der Waals surface area contributed by atoms with Crippen molar-refractivity contribution in [1.29, 1.82) is 0 Å². The highest BCUT2D eigenvalue weighted by Crippen LogP contribution is 2.21. The molecular formula is C19H26N4O. The van der Waals surface area contributed by atoms with Gasteiger partial charge in [0.25, 0.3) is 0 Å². The number of nitrogens with zero attached hydrogens (tertiary/aromatic N) is 4. The highest BCUT2D eigenvalue weighted by molar-refractivity contribution is 5.76. The maximum Gasteiger partial charge on any atom is 0.222 e. The topological polar surface area (TPSA) is 51.0 Å². The van der Waals surface area contributed by atoms with Gasteiger partial charge in [-0.3, -0.25) is 4.79 Å². The molecule has 24 heavy (non-hydrogen) atoms. The Bertz CT molecular complexity index is 636. The number of likely N-dealkylation sites (tertiary alicyclic amines) is 1. The molecule has 1 aliphatic heterocycles. The van der Waals surface area contributed by atoms with Crippen molar-refractivity contribution in [3.8, 4) is 0 Å². The van der Waals surface area contributed by atoms with Crippen LogP contribution in [0.5, 0.6) is 0 Å². The van der Waals surface area contributed by atoms with Crippen molar-refractivity contribution in [2.24, 2.45) is 0 Å². The summed E-state index contributed by atoms with van der Waals surface area (Å²) in [4.78, 5) is 18.5. The molecule has 1 saturated heterocycles. The minimum atomic E-state index is 0.276. The van der Waals surface area contributed by atoms with Crippen molar-refractivity contribution in [3.63, 3.8) is 0 Å². The molecule has 5 heteroatoms. The summed E-state index contributed by atoms with van der Waals surface area (Å²) in [5, 5.41) is 4.22. The molecule has 128 valence electrons. The van der Waals surface area contributed by atoms with Gasteiger partial charge in [0.2, 0.25) is 5.91 Å². The molecule has 2 heterocycles. The number of amides is 1. The van der Waals surface area contributed by atoms with E-state index >= 15 is 0 Å². The first-order valence-corrected chi connectivity index (χ1v) is 8.90. The van der Waals surface area contributed by atoms with Crippen LogP contribution in [-0.4, -0.2) is 38.7 Å². The third kappa shape index (κ3) is 4.43. The summed E-state index contributed by atoms with van der Waals surface area (Å²) >= 11 is 0. The maximum absolute atomic E-state index is 12.4. The van der Waals surface area contributed by atoms with Crippen LogP contribution in [0, 0.1) is 6.92 Å². The van der Waals surface area contributed by atoms with E-state index in [1.54, 1.807) is 12.7 Å². The second-order valence-electron chi connectivity index (χ2n) is 6.70. The Balaban J connectivity index is 1.40. The first kappa shape index (κ1) is 16.7. The quantitative estimate of drug-likeness (QED) is 0.766. The molecule has 1 atom stereocenters. The molecule has 0 bridgehead atoms. The number of aryl methyl sites for hydroxylation is 2. The van der Waals surface area contributed by atoms with Crippen LogP contribution in [0.2, 0.25) is 0 Å². The lowest BCUT2D eigenvalue weighted by Crippen LogP contribution is -2.40. The average molecular weight is 326 g/mol. The predicted octanol–water partition coefficient (Wildman–Crippen LogP) is 3.16. The summed E-state index contributed by atoms with van der Waals surface area (Å²) in [6, 6.07) is 8.95. The molecule has 5 nitrogen and oxygen atoms in total. The van der Waals surface area contributed by atoms with Crippen molar-refractivity contribution >= 4 is 5.91 Å². The van der Waals surface area contributed by atoms with E-state index in [9.17, 15) is 4.79 Å². The predicted molar refractivity (Wildman–Crippen MR) is 93.6 cm³/mol.